The highest BCUT2D eigenvalue weighted by Crippen LogP contribution is 2.44. The van der Waals surface area contributed by atoms with Crippen molar-refractivity contribution in [3.63, 3.8) is 0 Å². The average Bonchev–Trinajstić information content (AvgIpc) is 3.28. The molecule has 8 heteroatoms. The van der Waals surface area contributed by atoms with Crippen LogP contribution >= 0.6 is 34.8 Å². The maximum atomic E-state index is 13.1. The second-order valence-corrected chi connectivity index (χ2v) is 8.51. The average molecular weight is 498 g/mol. The van der Waals surface area contributed by atoms with Gasteiger partial charge < -0.3 is 9.15 Å². The summed E-state index contributed by atoms with van der Waals surface area (Å²) in [7, 11) is 0. The van der Waals surface area contributed by atoms with Crippen LogP contribution in [0.4, 0.5) is 0 Å². The Labute approximate surface area is 204 Å². The zero-order chi connectivity index (χ0) is 22.9. The predicted octanol–water partition coefficient (Wildman–Crippen LogP) is 7.29. The van der Waals surface area contributed by atoms with Crippen molar-refractivity contribution in [3.05, 3.63) is 105 Å². The molecule has 1 aliphatic heterocycles. The molecule has 0 bridgehead atoms. The number of hydrogen-bond donors (Lipinski definition) is 1. The Balaban J connectivity index is 1.36. The van der Waals surface area contributed by atoms with Crippen molar-refractivity contribution in [2.45, 2.75) is 5.92 Å². The van der Waals surface area contributed by atoms with Gasteiger partial charge in [0.2, 0.25) is 0 Å². The molecule has 4 aromatic rings. The fourth-order valence-electron chi connectivity index (χ4n) is 3.69. The maximum absolute atomic E-state index is 13.1. The molecule has 0 saturated heterocycles. The molecule has 1 aromatic heterocycles. The monoisotopic (exact) mass is 496 g/mol. The molecule has 1 amide bonds. The second-order valence-electron chi connectivity index (χ2n) is 7.29. The van der Waals surface area contributed by atoms with Gasteiger partial charge in [0.1, 0.15) is 23.0 Å². The summed E-state index contributed by atoms with van der Waals surface area (Å²) < 4.78 is 11.7. The van der Waals surface area contributed by atoms with Crippen molar-refractivity contribution in [3.8, 4) is 22.8 Å². The third-order valence-corrected chi connectivity index (χ3v) is 6.25. The summed E-state index contributed by atoms with van der Waals surface area (Å²) in [6, 6.07) is 21.6. The van der Waals surface area contributed by atoms with Crippen molar-refractivity contribution in [2.24, 2.45) is 5.10 Å². The van der Waals surface area contributed by atoms with Gasteiger partial charge in [0.25, 0.3) is 5.91 Å². The minimum Gasteiger partial charge on any atom is -0.457 e. The number of ether oxygens (including phenoxy) is 1. The van der Waals surface area contributed by atoms with Gasteiger partial charge in [-0.3, -0.25) is 4.79 Å². The summed E-state index contributed by atoms with van der Waals surface area (Å²) in [6.07, 6.45) is 1.42. The molecule has 5 rings (SSSR count). The minimum atomic E-state index is -0.550. The van der Waals surface area contributed by atoms with Gasteiger partial charge in [-0.05, 0) is 36.4 Å². The van der Waals surface area contributed by atoms with Gasteiger partial charge in [-0.15, -0.1) is 0 Å². The van der Waals surface area contributed by atoms with Crippen LogP contribution in [0.3, 0.4) is 0 Å². The Bertz CT molecular complexity index is 1350. The van der Waals surface area contributed by atoms with E-state index in [-0.39, 0.29) is 5.91 Å². The van der Waals surface area contributed by atoms with Gasteiger partial charge in [0, 0.05) is 16.7 Å². The highest BCUT2D eigenvalue weighted by atomic mass is 35.5. The van der Waals surface area contributed by atoms with Crippen LogP contribution in [0, 0.1) is 0 Å². The lowest BCUT2D eigenvalue weighted by Gasteiger charge is -2.26. The topological polar surface area (TPSA) is 63.8 Å². The van der Waals surface area contributed by atoms with E-state index in [1.807, 2.05) is 48.5 Å². The minimum absolute atomic E-state index is 0.284. The molecule has 33 heavy (non-hydrogen) atoms. The number of nitrogens with zero attached hydrogens (tertiary/aromatic N) is 1. The van der Waals surface area contributed by atoms with E-state index in [2.05, 4.69) is 10.5 Å². The zero-order valence-electron chi connectivity index (χ0n) is 16.9. The van der Waals surface area contributed by atoms with Gasteiger partial charge in [0.05, 0.1) is 27.2 Å². The number of carbonyl (C=O) groups excluding carboxylic acids is 1. The summed E-state index contributed by atoms with van der Waals surface area (Å²) in [4.78, 5) is 13.1. The maximum Gasteiger partial charge on any atom is 0.252 e. The largest absolute Gasteiger partial charge is 0.457 e. The SMILES string of the molecule is O=C(N/N=C\c1ccc(-c2cc(Cl)c(Cl)cc2Cl)o1)C1c2ccccc2Oc2ccccc21. The smallest absolute Gasteiger partial charge is 0.252 e. The van der Waals surface area contributed by atoms with Crippen LogP contribution in [0.15, 0.2) is 82.3 Å². The van der Waals surface area contributed by atoms with Gasteiger partial charge >= 0.3 is 0 Å². The normalized spacial score (nSPS) is 12.8. The fourth-order valence-corrected chi connectivity index (χ4v) is 4.33. The number of hydrogen-bond acceptors (Lipinski definition) is 4. The van der Waals surface area contributed by atoms with Crippen LogP contribution in [0.5, 0.6) is 11.5 Å². The van der Waals surface area contributed by atoms with E-state index in [4.69, 9.17) is 44.0 Å². The van der Waals surface area contributed by atoms with E-state index in [9.17, 15) is 4.79 Å². The number of halogens is 3. The first kappa shape index (κ1) is 21.6. The van der Waals surface area contributed by atoms with E-state index in [0.29, 0.717) is 43.7 Å². The van der Waals surface area contributed by atoms with Gasteiger partial charge in [-0.2, -0.15) is 5.10 Å². The van der Waals surface area contributed by atoms with Crippen LogP contribution in [0.1, 0.15) is 22.8 Å². The van der Waals surface area contributed by atoms with E-state index in [1.54, 1.807) is 24.3 Å². The van der Waals surface area contributed by atoms with Crippen molar-refractivity contribution >= 4 is 46.9 Å². The molecule has 0 aliphatic carbocycles. The summed E-state index contributed by atoms with van der Waals surface area (Å²) in [6.45, 7) is 0. The molecule has 2 heterocycles. The van der Waals surface area contributed by atoms with Gasteiger partial charge in [-0.1, -0.05) is 71.2 Å². The molecule has 0 saturated carbocycles. The van der Waals surface area contributed by atoms with Crippen molar-refractivity contribution in [1.82, 2.24) is 5.43 Å². The molecule has 0 radical (unpaired) electrons. The molecule has 1 N–H and O–H groups in total. The van der Waals surface area contributed by atoms with E-state index in [0.717, 1.165) is 11.1 Å². The Hall–Kier alpha value is -3.25. The summed E-state index contributed by atoms with van der Waals surface area (Å²) in [5.74, 6) is 1.39. The summed E-state index contributed by atoms with van der Waals surface area (Å²) in [5.41, 5.74) is 4.76. The molecular weight excluding hydrogens is 483 g/mol. The van der Waals surface area contributed by atoms with Crippen LogP contribution in [-0.2, 0) is 4.79 Å². The summed E-state index contributed by atoms with van der Waals surface area (Å²) >= 11 is 18.3. The van der Waals surface area contributed by atoms with Gasteiger partial charge in [-0.25, -0.2) is 5.43 Å². The number of fused-ring (bicyclic) bond motifs is 2. The lowest BCUT2D eigenvalue weighted by molar-refractivity contribution is -0.121. The fraction of sp³-hybridized carbons (Fsp3) is 0.0400. The molecule has 1 aliphatic rings. The molecule has 0 unspecified atom stereocenters. The van der Waals surface area contributed by atoms with Crippen molar-refractivity contribution < 1.29 is 13.9 Å². The molecule has 164 valence electrons. The quantitative estimate of drug-likeness (QED) is 0.183. The van der Waals surface area contributed by atoms with Crippen molar-refractivity contribution in [2.75, 3.05) is 0 Å². The van der Waals surface area contributed by atoms with Crippen molar-refractivity contribution in [1.29, 1.82) is 0 Å². The first-order valence-corrected chi connectivity index (χ1v) is 11.1. The number of rotatable bonds is 4. The third-order valence-electron chi connectivity index (χ3n) is 5.21. The number of carbonyl (C=O) groups is 1. The van der Waals surface area contributed by atoms with E-state index < -0.39 is 5.92 Å². The van der Waals surface area contributed by atoms with E-state index in [1.165, 1.54) is 6.21 Å². The lowest BCUT2D eigenvalue weighted by Crippen LogP contribution is -2.28. The van der Waals surface area contributed by atoms with E-state index >= 15 is 0 Å². The summed E-state index contributed by atoms with van der Waals surface area (Å²) in [5, 5.41) is 5.22. The molecule has 5 nitrogen and oxygen atoms in total. The Morgan fingerprint density at radius 3 is 2.18 bits per heavy atom. The molecule has 3 aromatic carbocycles. The molecule has 0 fully saturated rings. The lowest BCUT2D eigenvalue weighted by atomic mass is 9.87. The number of amides is 1. The zero-order valence-corrected chi connectivity index (χ0v) is 19.2. The van der Waals surface area contributed by atoms with Crippen LogP contribution < -0.4 is 10.2 Å². The Kier molecular flexibility index (Phi) is 5.85. The Morgan fingerprint density at radius 1 is 0.848 bits per heavy atom. The second kappa shape index (κ2) is 8.94. The molecule has 0 spiro atoms. The van der Waals surface area contributed by atoms with Crippen LogP contribution in [0.25, 0.3) is 11.3 Å². The Morgan fingerprint density at radius 2 is 1.48 bits per heavy atom. The highest BCUT2D eigenvalue weighted by Gasteiger charge is 2.32. The first-order chi connectivity index (χ1) is 16.0. The first-order valence-electron chi connectivity index (χ1n) is 9.94. The molecule has 0 atom stereocenters. The van der Waals surface area contributed by atoms with Crippen LogP contribution in [-0.4, -0.2) is 12.1 Å². The number of para-hydroxylation sites is 2. The molecular formula is C25H15Cl3N2O3. The number of hydrazone groups is 1. The standard InChI is InChI=1S/C25H15Cl3N2O3/c26-18-12-20(28)19(27)11-17(18)23-10-9-14(32-23)13-29-30-25(31)24-15-5-1-3-7-21(15)33-22-8-4-2-6-16(22)24/h1-13,24H,(H,30,31)/b29-13-. The third kappa shape index (κ3) is 4.23. The number of nitrogens with one attached hydrogen (secondary N) is 1. The van der Waals surface area contributed by atoms with Crippen LogP contribution in [0.2, 0.25) is 15.1 Å². The number of furan rings is 1. The van der Waals surface area contributed by atoms with Gasteiger partial charge in [0.15, 0.2) is 0 Å². The predicted molar refractivity (Wildman–Crippen MR) is 130 cm³/mol. The highest BCUT2D eigenvalue weighted by molar-refractivity contribution is 6.44. The number of benzene rings is 3.